The van der Waals surface area contributed by atoms with E-state index in [0.717, 1.165) is 10.6 Å². The highest BCUT2D eigenvalue weighted by Crippen LogP contribution is 2.21. The second kappa shape index (κ2) is 10.5. The van der Waals surface area contributed by atoms with Crippen LogP contribution in [0.2, 0.25) is 0 Å². The first-order valence-electron chi connectivity index (χ1n) is 11.6. The van der Waals surface area contributed by atoms with Gasteiger partial charge in [-0.05, 0) is 48.7 Å². The van der Waals surface area contributed by atoms with Crippen LogP contribution in [0, 0.1) is 6.92 Å². The van der Waals surface area contributed by atoms with Crippen molar-refractivity contribution in [3.05, 3.63) is 75.2 Å². The van der Waals surface area contributed by atoms with E-state index < -0.39 is 5.91 Å². The predicted octanol–water partition coefficient (Wildman–Crippen LogP) is 2.71. The summed E-state index contributed by atoms with van der Waals surface area (Å²) in [4.78, 5) is 45.1. The number of amides is 2. The van der Waals surface area contributed by atoms with Crippen LogP contribution in [0.3, 0.4) is 0 Å². The second-order valence-electron chi connectivity index (χ2n) is 8.99. The Labute approximate surface area is 209 Å². The Morgan fingerprint density at radius 2 is 1.71 bits per heavy atom. The van der Waals surface area contributed by atoms with Crippen molar-refractivity contribution in [2.24, 2.45) is 5.73 Å². The van der Waals surface area contributed by atoms with E-state index in [4.69, 9.17) is 5.73 Å². The van der Waals surface area contributed by atoms with Crippen LogP contribution in [-0.2, 0) is 6.54 Å². The fourth-order valence-corrected chi connectivity index (χ4v) is 5.06. The van der Waals surface area contributed by atoms with Gasteiger partial charge in [0, 0.05) is 62.1 Å². The van der Waals surface area contributed by atoms with Crippen LogP contribution in [-0.4, -0.2) is 78.8 Å². The normalized spacial score (nSPS) is 14.2. The maximum Gasteiger partial charge on any atom is 0.253 e. The van der Waals surface area contributed by atoms with E-state index in [9.17, 15) is 14.4 Å². The highest BCUT2D eigenvalue weighted by Gasteiger charge is 2.26. The van der Waals surface area contributed by atoms with Gasteiger partial charge < -0.3 is 20.1 Å². The van der Waals surface area contributed by atoms with Crippen molar-refractivity contribution in [1.29, 1.82) is 0 Å². The molecule has 0 atom stereocenters. The minimum absolute atomic E-state index is 0.00725. The fourth-order valence-electron chi connectivity index (χ4n) is 4.37. The summed E-state index contributed by atoms with van der Waals surface area (Å²) in [6, 6.07) is 13.2. The number of nitrogens with two attached hydrogens (primary N) is 1. The first kappa shape index (κ1) is 24.7. The van der Waals surface area contributed by atoms with Crippen LogP contribution < -0.4 is 10.6 Å². The topological polar surface area (TPSA) is 91.9 Å². The van der Waals surface area contributed by atoms with Crippen LogP contribution in [0.5, 0.6) is 0 Å². The van der Waals surface area contributed by atoms with Gasteiger partial charge in [0.2, 0.25) is 0 Å². The van der Waals surface area contributed by atoms with Gasteiger partial charge in [-0.1, -0.05) is 6.07 Å². The van der Waals surface area contributed by atoms with Gasteiger partial charge in [0.25, 0.3) is 11.8 Å². The monoisotopic (exact) mass is 493 g/mol. The Bertz CT molecular complexity index is 1210. The molecule has 184 valence electrons. The number of Topliss-reactive ketones (excluding diaryl/α,β-unsaturated/α-hetero) is 1. The lowest BCUT2D eigenvalue weighted by atomic mass is 10.1. The summed E-state index contributed by atoms with van der Waals surface area (Å²) in [7, 11) is 3.93. The van der Waals surface area contributed by atoms with E-state index in [1.54, 1.807) is 17.4 Å². The number of carbonyl (C=O) groups is 3. The minimum atomic E-state index is -0.535. The molecule has 0 saturated carbocycles. The average molecular weight is 494 g/mol. The van der Waals surface area contributed by atoms with Crippen LogP contribution >= 0.6 is 11.3 Å². The molecule has 35 heavy (non-hydrogen) atoms. The Hall–Kier alpha value is -3.43. The Kier molecular flexibility index (Phi) is 7.37. The number of anilines is 1. The number of ketones is 1. The van der Waals surface area contributed by atoms with E-state index in [1.165, 1.54) is 0 Å². The molecule has 3 aromatic rings. The number of thiophene rings is 1. The SMILES string of the molecule is Cc1c(C(N)=O)cc(C(=O)CN2CCN(C(=O)c3ccc(N(C)C)cc3)CC2)n1Cc1cccs1. The zero-order valence-electron chi connectivity index (χ0n) is 20.4. The van der Waals surface area contributed by atoms with Crippen LogP contribution in [0.1, 0.15) is 41.8 Å². The summed E-state index contributed by atoms with van der Waals surface area (Å²) in [6.45, 7) is 4.91. The zero-order chi connectivity index (χ0) is 25.1. The molecule has 2 amide bonds. The smallest absolute Gasteiger partial charge is 0.253 e. The van der Waals surface area contributed by atoms with Crippen LogP contribution in [0.25, 0.3) is 0 Å². The fraction of sp³-hybridized carbons (Fsp3) is 0.346. The maximum atomic E-state index is 13.3. The number of hydrogen-bond donors (Lipinski definition) is 1. The molecule has 4 rings (SSSR count). The first-order chi connectivity index (χ1) is 16.7. The third kappa shape index (κ3) is 5.47. The molecule has 8 nitrogen and oxygen atoms in total. The van der Waals surface area contributed by atoms with Crippen molar-refractivity contribution in [3.63, 3.8) is 0 Å². The van der Waals surface area contributed by atoms with Gasteiger partial charge in [-0.3, -0.25) is 19.3 Å². The van der Waals surface area contributed by atoms with Crippen molar-refractivity contribution < 1.29 is 14.4 Å². The van der Waals surface area contributed by atoms with Crippen molar-refractivity contribution in [1.82, 2.24) is 14.4 Å². The van der Waals surface area contributed by atoms with Gasteiger partial charge in [-0.25, -0.2) is 0 Å². The molecule has 0 radical (unpaired) electrons. The molecule has 1 aromatic carbocycles. The Morgan fingerprint density at radius 1 is 1.03 bits per heavy atom. The standard InChI is InChI=1S/C26H31N5O3S/c1-18-22(25(27)33)15-23(31(18)16-21-5-4-14-35-21)24(32)17-29-10-12-30(13-11-29)26(34)19-6-8-20(9-7-19)28(2)3/h4-9,14-15H,10-13,16-17H2,1-3H3,(H2,27,33). The summed E-state index contributed by atoms with van der Waals surface area (Å²) < 4.78 is 1.88. The zero-order valence-corrected chi connectivity index (χ0v) is 21.2. The number of piperazine rings is 1. The molecule has 0 unspecified atom stereocenters. The molecule has 3 heterocycles. The lowest BCUT2D eigenvalue weighted by molar-refractivity contribution is 0.0623. The highest BCUT2D eigenvalue weighted by molar-refractivity contribution is 7.09. The molecule has 1 fully saturated rings. The van der Waals surface area contributed by atoms with Gasteiger partial charge in [0.15, 0.2) is 5.78 Å². The lowest BCUT2D eigenvalue weighted by Gasteiger charge is -2.34. The highest BCUT2D eigenvalue weighted by atomic mass is 32.1. The van der Waals surface area contributed by atoms with Crippen molar-refractivity contribution >= 4 is 34.6 Å². The van der Waals surface area contributed by atoms with E-state index in [-0.39, 0.29) is 18.2 Å². The third-order valence-electron chi connectivity index (χ3n) is 6.47. The molecule has 2 aromatic heterocycles. The maximum absolute atomic E-state index is 13.3. The number of nitrogens with zero attached hydrogens (tertiary/aromatic N) is 4. The Balaban J connectivity index is 1.40. The number of hydrogen-bond acceptors (Lipinski definition) is 6. The first-order valence-corrected chi connectivity index (χ1v) is 12.5. The number of rotatable bonds is 8. The van der Waals surface area contributed by atoms with E-state index >= 15 is 0 Å². The molecule has 9 heteroatoms. The lowest BCUT2D eigenvalue weighted by Crippen LogP contribution is -2.50. The summed E-state index contributed by atoms with van der Waals surface area (Å²) >= 11 is 1.60. The molecule has 1 saturated heterocycles. The third-order valence-corrected chi connectivity index (χ3v) is 7.33. The van der Waals surface area contributed by atoms with Gasteiger partial charge in [0.05, 0.1) is 24.3 Å². The van der Waals surface area contributed by atoms with Crippen molar-refractivity contribution in [2.45, 2.75) is 13.5 Å². The van der Waals surface area contributed by atoms with Crippen LogP contribution in [0.15, 0.2) is 47.8 Å². The molecule has 0 bridgehead atoms. The minimum Gasteiger partial charge on any atom is -0.378 e. The van der Waals surface area contributed by atoms with Crippen LogP contribution in [0.4, 0.5) is 5.69 Å². The summed E-state index contributed by atoms with van der Waals surface area (Å²) in [5.74, 6) is -0.587. The molecular weight excluding hydrogens is 462 g/mol. The molecule has 1 aliphatic rings. The number of carbonyl (C=O) groups excluding carboxylic acids is 3. The van der Waals surface area contributed by atoms with E-state index in [2.05, 4.69) is 4.90 Å². The number of primary amides is 1. The molecular formula is C26H31N5O3S. The quantitative estimate of drug-likeness (QED) is 0.487. The second-order valence-corrected chi connectivity index (χ2v) is 10.0. The molecule has 1 aliphatic heterocycles. The molecule has 0 aliphatic carbocycles. The number of aromatic nitrogens is 1. The summed E-state index contributed by atoms with van der Waals surface area (Å²) in [5, 5.41) is 1.99. The van der Waals surface area contributed by atoms with Crippen molar-refractivity contribution in [2.75, 3.05) is 51.7 Å². The van der Waals surface area contributed by atoms with Gasteiger partial charge in [0.1, 0.15) is 0 Å². The summed E-state index contributed by atoms with van der Waals surface area (Å²) in [6.07, 6.45) is 0. The largest absolute Gasteiger partial charge is 0.378 e. The van der Waals surface area contributed by atoms with E-state index in [0.29, 0.717) is 55.2 Å². The van der Waals surface area contributed by atoms with Gasteiger partial charge in [-0.15, -0.1) is 11.3 Å². The molecule has 0 spiro atoms. The van der Waals surface area contributed by atoms with Gasteiger partial charge >= 0.3 is 0 Å². The van der Waals surface area contributed by atoms with Crippen molar-refractivity contribution in [3.8, 4) is 0 Å². The molecule has 2 N–H and O–H groups in total. The van der Waals surface area contributed by atoms with Gasteiger partial charge in [-0.2, -0.15) is 0 Å². The Morgan fingerprint density at radius 3 is 2.29 bits per heavy atom. The summed E-state index contributed by atoms with van der Waals surface area (Å²) in [5.41, 5.74) is 8.83. The predicted molar refractivity (Wildman–Crippen MR) is 139 cm³/mol. The van der Waals surface area contributed by atoms with E-state index in [1.807, 2.05) is 77.2 Å². The average Bonchev–Trinajstić information content (AvgIpc) is 3.47. The number of benzene rings is 1.